The largest absolute Gasteiger partial charge is 0.384 e. The Bertz CT molecular complexity index is 311. The Morgan fingerprint density at radius 3 is 1.80 bits per heavy atom. The molecule has 1 heterocycles. The van der Waals surface area contributed by atoms with E-state index in [9.17, 15) is 15.3 Å². The predicted molar refractivity (Wildman–Crippen MR) is 78.7 cm³/mol. The SMILES string of the molecule is CC.CCC1(C)OC(COC)C(C)(O)C(C)(O)C1(C)O. The van der Waals surface area contributed by atoms with Crippen LogP contribution in [0.2, 0.25) is 0 Å². The van der Waals surface area contributed by atoms with E-state index < -0.39 is 28.5 Å². The zero-order valence-electron chi connectivity index (χ0n) is 14.1. The second-order valence-electron chi connectivity index (χ2n) is 5.94. The highest BCUT2D eigenvalue weighted by Crippen LogP contribution is 2.50. The molecule has 0 amide bonds. The van der Waals surface area contributed by atoms with Crippen LogP contribution < -0.4 is 0 Å². The van der Waals surface area contributed by atoms with E-state index in [0.717, 1.165) is 0 Å². The van der Waals surface area contributed by atoms with Gasteiger partial charge in [-0.05, 0) is 34.1 Å². The molecule has 0 bridgehead atoms. The van der Waals surface area contributed by atoms with Crippen molar-refractivity contribution in [2.24, 2.45) is 0 Å². The molecule has 1 aliphatic heterocycles. The molecular formula is C15H32O5. The Hall–Kier alpha value is -0.200. The number of ether oxygens (including phenoxy) is 2. The number of methoxy groups -OCH3 is 1. The van der Waals surface area contributed by atoms with Crippen molar-refractivity contribution in [3.05, 3.63) is 0 Å². The lowest BCUT2D eigenvalue weighted by Gasteiger charge is -2.62. The van der Waals surface area contributed by atoms with Gasteiger partial charge in [-0.3, -0.25) is 0 Å². The van der Waals surface area contributed by atoms with Gasteiger partial charge in [0, 0.05) is 7.11 Å². The van der Waals surface area contributed by atoms with Gasteiger partial charge >= 0.3 is 0 Å². The van der Waals surface area contributed by atoms with E-state index >= 15 is 0 Å². The minimum Gasteiger partial charge on any atom is -0.384 e. The maximum absolute atomic E-state index is 10.7. The molecule has 1 saturated heterocycles. The molecule has 122 valence electrons. The van der Waals surface area contributed by atoms with Gasteiger partial charge in [0.2, 0.25) is 0 Å². The van der Waals surface area contributed by atoms with E-state index in [-0.39, 0.29) is 6.61 Å². The van der Waals surface area contributed by atoms with Crippen LogP contribution in [0.3, 0.4) is 0 Å². The van der Waals surface area contributed by atoms with E-state index in [1.54, 1.807) is 6.92 Å². The molecule has 1 aliphatic rings. The highest BCUT2D eigenvalue weighted by molar-refractivity contribution is 5.19. The summed E-state index contributed by atoms with van der Waals surface area (Å²) in [6, 6.07) is 0. The minimum absolute atomic E-state index is 0.148. The molecule has 5 heteroatoms. The number of rotatable bonds is 3. The van der Waals surface area contributed by atoms with Gasteiger partial charge < -0.3 is 24.8 Å². The van der Waals surface area contributed by atoms with Crippen LogP contribution in [0.15, 0.2) is 0 Å². The van der Waals surface area contributed by atoms with Crippen LogP contribution in [0, 0.1) is 0 Å². The van der Waals surface area contributed by atoms with Crippen LogP contribution in [0.1, 0.15) is 54.9 Å². The standard InChI is InChI=1S/C13H26O5.C2H6/c1-7-10(2)12(4,15)13(5,16)11(3,14)9(18-10)8-17-6;1-2/h9,14-16H,7-8H2,1-6H3;1-2H3. The molecule has 0 spiro atoms. The third kappa shape index (κ3) is 2.62. The fraction of sp³-hybridized carbons (Fsp3) is 1.00. The summed E-state index contributed by atoms with van der Waals surface area (Å²) in [4.78, 5) is 0. The maximum Gasteiger partial charge on any atom is 0.124 e. The maximum atomic E-state index is 10.7. The van der Waals surface area contributed by atoms with E-state index in [4.69, 9.17) is 9.47 Å². The third-order valence-electron chi connectivity index (χ3n) is 4.99. The lowest BCUT2D eigenvalue weighted by atomic mass is 9.61. The molecule has 0 radical (unpaired) electrons. The van der Waals surface area contributed by atoms with Crippen molar-refractivity contribution < 1.29 is 24.8 Å². The summed E-state index contributed by atoms with van der Waals surface area (Å²) >= 11 is 0. The van der Waals surface area contributed by atoms with Crippen molar-refractivity contribution in [2.45, 2.75) is 83.4 Å². The smallest absolute Gasteiger partial charge is 0.124 e. The topological polar surface area (TPSA) is 79.2 Å². The zero-order chi connectivity index (χ0) is 16.4. The summed E-state index contributed by atoms with van der Waals surface area (Å²) in [7, 11) is 1.50. The first-order valence-corrected chi connectivity index (χ1v) is 7.32. The van der Waals surface area contributed by atoms with Crippen molar-refractivity contribution in [3.8, 4) is 0 Å². The average molecular weight is 292 g/mol. The number of aliphatic hydroxyl groups is 3. The van der Waals surface area contributed by atoms with Crippen molar-refractivity contribution in [1.29, 1.82) is 0 Å². The predicted octanol–water partition coefficient (Wildman–Crippen LogP) is 1.48. The lowest BCUT2D eigenvalue weighted by molar-refractivity contribution is -0.373. The second kappa shape index (κ2) is 6.28. The fourth-order valence-electron chi connectivity index (χ4n) is 2.64. The quantitative estimate of drug-likeness (QED) is 0.734. The third-order valence-corrected chi connectivity index (χ3v) is 4.99. The van der Waals surface area contributed by atoms with Crippen molar-refractivity contribution >= 4 is 0 Å². The average Bonchev–Trinajstić information content (AvgIpc) is 2.38. The van der Waals surface area contributed by atoms with E-state index in [1.165, 1.54) is 27.9 Å². The summed E-state index contributed by atoms with van der Waals surface area (Å²) in [6.45, 7) is 12.1. The summed E-state index contributed by atoms with van der Waals surface area (Å²) in [5, 5.41) is 31.9. The molecule has 5 unspecified atom stereocenters. The zero-order valence-corrected chi connectivity index (χ0v) is 14.1. The molecule has 1 rings (SSSR count). The van der Waals surface area contributed by atoms with Gasteiger partial charge in [-0.15, -0.1) is 0 Å². The molecule has 5 atom stereocenters. The molecule has 0 aromatic rings. The fourth-order valence-corrected chi connectivity index (χ4v) is 2.64. The Labute approximate surface area is 122 Å². The van der Waals surface area contributed by atoms with E-state index in [2.05, 4.69) is 0 Å². The van der Waals surface area contributed by atoms with Gasteiger partial charge in [0.15, 0.2) is 0 Å². The first-order chi connectivity index (χ1) is 8.98. The normalized spacial score (nSPS) is 48.5. The van der Waals surface area contributed by atoms with Crippen LogP contribution in [-0.2, 0) is 9.47 Å². The van der Waals surface area contributed by atoms with Gasteiger partial charge in [0.05, 0.1) is 12.2 Å². The van der Waals surface area contributed by atoms with Crippen LogP contribution in [0.5, 0.6) is 0 Å². The number of hydrogen-bond donors (Lipinski definition) is 3. The van der Waals surface area contributed by atoms with Gasteiger partial charge in [-0.2, -0.15) is 0 Å². The molecule has 1 fully saturated rings. The first-order valence-electron chi connectivity index (χ1n) is 7.32. The molecule has 0 aromatic heterocycles. The Kier molecular flexibility index (Phi) is 6.22. The van der Waals surface area contributed by atoms with Crippen molar-refractivity contribution in [2.75, 3.05) is 13.7 Å². The van der Waals surface area contributed by atoms with Crippen LogP contribution in [-0.4, -0.2) is 57.5 Å². The summed E-state index contributed by atoms with van der Waals surface area (Å²) < 4.78 is 10.9. The van der Waals surface area contributed by atoms with Gasteiger partial charge in [-0.1, -0.05) is 20.8 Å². The highest BCUT2D eigenvalue weighted by atomic mass is 16.6. The molecule has 0 aromatic carbocycles. The molecule has 0 aliphatic carbocycles. The molecule has 20 heavy (non-hydrogen) atoms. The van der Waals surface area contributed by atoms with Crippen LogP contribution in [0.4, 0.5) is 0 Å². The number of hydrogen-bond acceptors (Lipinski definition) is 5. The molecule has 3 N–H and O–H groups in total. The van der Waals surface area contributed by atoms with Crippen molar-refractivity contribution in [1.82, 2.24) is 0 Å². The van der Waals surface area contributed by atoms with Crippen LogP contribution in [0.25, 0.3) is 0 Å². The van der Waals surface area contributed by atoms with Gasteiger partial charge in [0.25, 0.3) is 0 Å². The van der Waals surface area contributed by atoms with E-state index in [1.807, 2.05) is 20.8 Å². The van der Waals surface area contributed by atoms with E-state index in [0.29, 0.717) is 6.42 Å². The summed E-state index contributed by atoms with van der Waals surface area (Å²) in [5.41, 5.74) is -5.86. The lowest BCUT2D eigenvalue weighted by Crippen LogP contribution is -2.80. The molecule has 5 nitrogen and oxygen atoms in total. The molecule has 0 saturated carbocycles. The van der Waals surface area contributed by atoms with Gasteiger partial charge in [0.1, 0.15) is 22.9 Å². The molecular weight excluding hydrogens is 260 g/mol. The van der Waals surface area contributed by atoms with Gasteiger partial charge in [-0.25, -0.2) is 0 Å². The summed E-state index contributed by atoms with van der Waals surface area (Å²) in [5.74, 6) is 0. The van der Waals surface area contributed by atoms with Crippen LogP contribution >= 0.6 is 0 Å². The minimum atomic E-state index is -1.72. The summed E-state index contributed by atoms with van der Waals surface area (Å²) in [6.07, 6.45) is -0.199. The Balaban J connectivity index is 0.00000172. The first kappa shape index (κ1) is 19.8. The Morgan fingerprint density at radius 2 is 1.45 bits per heavy atom. The highest BCUT2D eigenvalue weighted by Gasteiger charge is 2.69. The second-order valence-corrected chi connectivity index (χ2v) is 5.94. The van der Waals surface area contributed by atoms with Crippen molar-refractivity contribution in [3.63, 3.8) is 0 Å². The monoisotopic (exact) mass is 292 g/mol. The Morgan fingerprint density at radius 1 is 1.00 bits per heavy atom.